The van der Waals surface area contributed by atoms with Crippen LogP contribution in [0.15, 0.2) is 30.3 Å². The highest BCUT2D eigenvalue weighted by molar-refractivity contribution is 7.19. The Kier molecular flexibility index (Phi) is 3.16. The van der Waals surface area contributed by atoms with Crippen molar-refractivity contribution in [2.24, 2.45) is 0 Å². The van der Waals surface area contributed by atoms with Crippen molar-refractivity contribution in [1.82, 2.24) is 0 Å². The van der Waals surface area contributed by atoms with Gasteiger partial charge in [0.05, 0.1) is 5.57 Å². The second-order valence-corrected chi connectivity index (χ2v) is 4.99. The number of fused-ring (bicyclic) bond motifs is 1. The van der Waals surface area contributed by atoms with Gasteiger partial charge in [-0.3, -0.25) is 0 Å². The van der Waals surface area contributed by atoms with E-state index in [4.69, 9.17) is 10.2 Å². The van der Waals surface area contributed by atoms with Crippen LogP contribution in [-0.2, 0) is 9.59 Å². The van der Waals surface area contributed by atoms with Gasteiger partial charge in [0.15, 0.2) is 0 Å². The molecule has 0 saturated heterocycles. The fourth-order valence-corrected chi connectivity index (χ4v) is 2.95. The molecule has 0 aliphatic rings. The lowest BCUT2D eigenvalue weighted by Gasteiger charge is -2.02. The van der Waals surface area contributed by atoms with Crippen molar-refractivity contribution in [3.05, 3.63) is 40.8 Å². The Hall–Kier alpha value is -2.14. The third kappa shape index (κ3) is 2.12. The number of thiophene rings is 1. The highest BCUT2D eigenvalue weighted by Crippen LogP contribution is 2.35. The molecule has 0 amide bonds. The molecule has 0 fully saturated rings. The van der Waals surface area contributed by atoms with Gasteiger partial charge in [-0.05, 0) is 13.0 Å². The molecule has 92 valence electrons. The van der Waals surface area contributed by atoms with Gasteiger partial charge in [-0.2, -0.15) is 0 Å². The van der Waals surface area contributed by atoms with E-state index in [0.29, 0.717) is 5.56 Å². The van der Waals surface area contributed by atoms with Crippen molar-refractivity contribution in [2.75, 3.05) is 0 Å². The van der Waals surface area contributed by atoms with Gasteiger partial charge in [0.25, 0.3) is 0 Å². The summed E-state index contributed by atoms with van der Waals surface area (Å²) >= 11 is 1.45. The molecule has 0 unspecified atom stereocenters. The van der Waals surface area contributed by atoms with E-state index in [1.165, 1.54) is 11.3 Å². The maximum atomic E-state index is 11.2. The van der Waals surface area contributed by atoms with Gasteiger partial charge >= 0.3 is 11.9 Å². The summed E-state index contributed by atoms with van der Waals surface area (Å²) in [5.41, 5.74) is 0.308. The number of aliphatic carboxylic acids is 2. The van der Waals surface area contributed by atoms with E-state index in [9.17, 15) is 9.59 Å². The Morgan fingerprint density at radius 3 is 2.50 bits per heavy atom. The van der Waals surface area contributed by atoms with Gasteiger partial charge in [0.1, 0.15) is 0 Å². The van der Waals surface area contributed by atoms with Crippen molar-refractivity contribution < 1.29 is 19.8 Å². The quantitative estimate of drug-likeness (QED) is 0.834. The van der Waals surface area contributed by atoms with Crippen LogP contribution in [0.5, 0.6) is 0 Å². The summed E-state index contributed by atoms with van der Waals surface area (Å²) in [5.74, 6) is -2.49. The highest BCUT2D eigenvalue weighted by Gasteiger charge is 2.19. The van der Waals surface area contributed by atoms with Crippen molar-refractivity contribution in [3.63, 3.8) is 0 Å². The minimum atomic E-state index is -1.26. The van der Waals surface area contributed by atoms with Gasteiger partial charge in [0, 0.05) is 26.6 Å². The number of aryl methyl sites for hydroxylation is 1. The molecule has 0 spiro atoms. The average Bonchev–Trinajstić information content (AvgIpc) is 2.61. The minimum absolute atomic E-state index is 0.183. The van der Waals surface area contributed by atoms with Crippen LogP contribution in [0.2, 0.25) is 0 Å². The Morgan fingerprint density at radius 1 is 1.22 bits per heavy atom. The molecule has 2 N–H and O–H groups in total. The van der Waals surface area contributed by atoms with Crippen molar-refractivity contribution in [3.8, 4) is 0 Å². The van der Waals surface area contributed by atoms with Crippen molar-refractivity contribution >= 4 is 38.9 Å². The summed E-state index contributed by atoms with van der Waals surface area (Å²) in [4.78, 5) is 22.7. The second kappa shape index (κ2) is 4.62. The zero-order chi connectivity index (χ0) is 13.3. The summed E-state index contributed by atoms with van der Waals surface area (Å²) in [6.07, 6.45) is 0.740. The fraction of sp³-hybridized carbons (Fsp3) is 0.0769. The summed E-state index contributed by atoms with van der Waals surface area (Å²) in [6.45, 7) is 1.79. The lowest BCUT2D eigenvalue weighted by atomic mass is 10.0. The predicted octanol–water partition coefficient (Wildman–Crippen LogP) is 2.76. The standard InChI is InChI=1S/C13H10O4S/c1-7-12(9(13(16)17)6-11(14)15)8-4-2-3-5-10(8)18-7/h2-6H,1H3,(H,14,15)(H,16,17)/b9-6-. The SMILES string of the molecule is Cc1sc2ccccc2c1/C(=C/C(=O)O)C(=O)O. The summed E-state index contributed by atoms with van der Waals surface area (Å²) in [7, 11) is 0. The Labute approximate surface area is 107 Å². The highest BCUT2D eigenvalue weighted by atomic mass is 32.1. The van der Waals surface area contributed by atoms with Crippen LogP contribution < -0.4 is 0 Å². The first-order chi connectivity index (χ1) is 8.50. The summed E-state index contributed by atoms with van der Waals surface area (Å²) in [6, 6.07) is 7.35. The van der Waals surface area contributed by atoms with E-state index in [1.54, 1.807) is 19.1 Å². The third-order valence-corrected chi connectivity index (χ3v) is 3.63. The molecule has 5 heteroatoms. The van der Waals surface area contributed by atoms with Crippen molar-refractivity contribution in [2.45, 2.75) is 6.92 Å². The Bertz CT molecular complexity index is 667. The molecule has 18 heavy (non-hydrogen) atoms. The van der Waals surface area contributed by atoms with Crippen LogP contribution in [0.3, 0.4) is 0 Å². The first-order valence-corrected chi connectivity index (χ1v) is 5.98. The van der Waals surface area contributed by atoms with Gasteiger partial charge in [0.2, 0.25) is 0 Å². The number of hydrogen-bond acceptors (Lipinski definition) is 3. The zero-order valence-corrected chi connectivity index (χ0v) is 10.3. The molecular weight excluding hydrogens is 252 g/mol. The van der Waals surface area contributed by atoms with Gasteiger partial charge in [-0.15, -0.1) is 11.3 Å². The molecule has 2 rings (SSSR count). The van der Waals surface area contributed by atoms with Gasteiger partial charge in [-0.25, -0.2) is 9.59 Å². The minimum Gasteiger partial charge on any atom is -0.478 e. The molecular formula is C13H10O4S. The summed E-state index contributed by atoms with van der Waals surface area (Å²) in [5, 5.41) is 18.7. The molecule has 1 aromatic carbocycles. The monoisotopic (exact) mass is 262 g/mol. The molecule has 1 aromatic heterocycles. The van der Waals surface area contributed by atoms with E-state index < -0.39 is 11.9 Å². The molecule has 1 heterocycles. The number of benzene rings is 1. The molecule has 0 radical (unpaired) electrons. The number of carbonyl (C=O) groups is 2. The van der Waals surface area contributed by atoms with Crippen LogP contribution in [0, 0.1) is 6.92 Å². The Morgan fingerprint density at radius 2 is 1.89 bits per heavy atom. The van der Waals surface area contributed by atoms with Crippen LogP contribution >= 0.6 is 11.3 Å². The molecule has 2 aromatic rings. The van der Waals surface area contributed by atoms with Crippen LogP contribution in [0.25, 0.3) is 15.7 Å². The maximum absolute atomic E-state index is 11.2. The second-order valence-electron chi connectivity index (χ2n) is 3.73. The first-order valence-electron chi connectivity index (χ1n) is 5.17. The van der Waals surface area contributed by atoms with Crippen LogP contribution in [-0.4, -0.2) is 22.2 Å². The third-order valence-electron chi connectivity index (χ3n) is 2.54. The number of hydrogen-bond donors (Lipinski definition) is 2. The van der Waals surface area contributed by atoms with E-state index >= 15 is 0 Å². The molecule has 0 atom stereocenters. The molecule has 4 nitrogen and oxygen atoms in total. The topological polar surface area (TPSA) is 74.6 Å². The van der Waals surface area contributed by atoms with Crippen molar-refractivity contribution in [1.29, 1.82) is 0 Å². The van der Waals surface area contributed by atoms with Gasteiger partial charge < -0.3 is 10.2 Å². The molecule has 0 saturated carbocycles. The van der Waals surface area contributed by atoms with Gasteiger partial charge in [-0.1, -0.05) is 18.2 Å². The lowest BCUT2D eigenvalue weighted by molar-refractivity contribution is -0.133. The van der Waals surface area contributed by atoms with E-state index in [0.717, 1.165) is 21.0 Å². The summed E-state index contributed by atoms with van der Waals surface area (Å²) < 4.78 is 0.947. The molecule has 0 aliphatic heterocycles. The fourth-order valence-electron chi connectivity index (χ4n) is 1.87. The smallest absolute Gasteiger partial charge is 0.336 e. The number of rotatable bonds is 3. The number of carboxylic acid groups (broad SMARTS) is 2. The van der Waals surface area contributed by atoms with E-state index in [2.05, 4.69) is 0 Å². The molecule has 0 bridgehead atoms. The predicted molar refractivity (Wildman–Crippen MR) is 69.8 cm³/mol. The maximum Gasteiger partial charge on any atom is 0.336 e. The van der Waals surface area contributed by atoms with Crippen LogP contribution in [0.1, 0.15) is 10.4 Å². The number of carboxylic acids is 2. The average molecular weight is 262 g/mol. The van der Waals surface area contributed by atoms with E-state index in [1.807, 2.05) is 12.1 Å². The van der Waals surface area contributed by atoms with Crippen LogP contribution in [0.4, 0.5) is 0 Å². The largest absolute Gasteiger partial charge is 0.478 e. The normalized spacial score (nSPS) is 11.7. The zero-order valence-electron chi connectivity index (χ0n) is 9.51. The van der Waals surface area contributed by atoms with E-state index in [-0.39, 0.29) is 5.57 Å². The molecule has 0 aliphatic carbocycles. The first kappa shape index (κ1) is 12.3. The lowest BCUT2D eigenvalue weighted by Crippen LogP contribution is -2.03. The Balaban J connectivity index is 2.76.